The lowest BCUT2D eigenvalue weighted by Crippen LogP contribution is -2.14. The van der Waals surface area contributed by atoms with Gasteiger partial charge in [-0.25, -0.2) is 4.39 Å². The molecule has 1 amide bonds. The largest absolute Gasteiger partial charge is 0.322 e. The number of benzene rings is 2. The van der Waals surface area contributed by atoms with E-state index in [1.807, 2.05) is 27.0 Å². The number of allylic oxidation sites excluding steroid dienone is 1. The van der Waals surface area contributed by atoms with E-state index >= 15 is 0 Å². The molecule has 0 unspecified atom stereocenters. The molecule has 0 atom stereocenters. The van der Waals surface area contributed by atoms with Gasteiger partial charge in [-0.1, -0.05) is 43.1 Å². The molecule has 0 radical (unpaired) electrons. The first-order valence-corrected chi connectivity index (χ1v) is 10.1. The Hall–Kier alpha value is -1.49. The third-order valence-corrected chi connectivity index (χ3v) is 5.29. The van der Waals surface area contributed by atoms with Gasteiger partial charge in [0.2, 0.25) is 0 Å². The van der Waals surface area contributed by atoms with E-state index in [0.717, 1.165) is 4.91 Å². The van der Waals surface area contributed by atoms with Crippen LogP contribution in [-0.4, -0.2) is 12.2 Å². The van der Waals surface area contributed by atoms with Crippen LogP contribution in [0.4, 0.5) is 10.1 Å². The minimum atomic E-state index is -0.401. The standard InChI is InChI=1S/C18H16Cl2FNOS.C2H6/c1-10(11(2)24-3)18(23)22-17-7-5-13(21)9-14(17)12-4-6-15(19)16(20)8-12;1-2/h4-9H,1-3H3,(H,22,23);1-2H3/b11-10+;. The first kappa shape index (κ1) is 22.6. The smallest absolute Gasteiger partial charge is 0.252 e. The second-order valence-electron chi connectivity index (χ2n) is 5.16. The maximum Gasteiger partial charge on any atom is 0.252 e. The normalized spacial score (nSPS) is 11.2. The number of hydrogen-bond acceptors (Lipinski definition) is 2. The van der Waals surface area contributed by atoms with Crippen molar-refractivity contribution in [2.24, 2.45) is 0 Å². The van der Waals surface area contributed by atoms with E-state index in [-0.39, 0.29) is 5.91 Å². The summed E-state index contributed by atoms with van der Waals surface area (Å²) < 4.78 is 13.7. The predicted octanol–water partition coefficient (Wildman–Crippen LogP) is 7.42. The highest BCUT2D eigenvalue weighted by Crippen LogP contribution is 2.33. The van der Waals surface area contributed by atoms with Gasteiger partial charge >= 0.3 is 0 Å². The van der Waals surface area contributed by atoms with Crippen LogP contribution in [0, 0.1) is 5.82 Å². The highest BCUT2D eigenvalue weighted by Gasteiger charge is 2.13. The van der Waals surface area contributed by atoms with E-state index in [2.05, 4.69) is 5.32 Å². The zero-order chi connectivity index (χ0) is 19.9. The number of amides is 1. The second-order valence-corrected chi connectivity index (χ2v) is 6.99. The highest BCUT2D eigenvalue weighted by molar-refractivity contribution is 8.02. The molecule has 140 valence electrons. The number of halogens is 3. The highest BCUT2D eigenvalue weighted by atomic mass is 35.5. The molecule has 0 aliphatic heterocycles. The van der Waals surface area contributed by atoms with E-state index in [1.54, 1.807) is 25.1 Å². The zero-order valence-corrected chi connectivity index (χ0v) is 17.7. The third kappa shape index (κ3) is 5.76. The summed E-state index contributed by atoms with van der Waals surface area (Å²) in [5.41, 5.74) is 2.33. The Morgan fingerprint density at radius 2 is 1.69 bits per heavy atom. The quantitative estimate of drug-likeness (QED) is 0.528. The summed E-state index contributed by atoms with van der Waals surface area (Å²) in [5, 5.41) is 3.61. The van der Waals surface area contributed by atoms with Crippen LogP contribution in [0.1, 0.15) is 27.7 Å². The summed E-state index contributed by atoms with van der Waals surface area (Å²) in [6.07, 6.45) is 1.91. The van der Waals surface area contributed by atoms with Crippen LogP contribution >= 0.6 is 35.0 Å². The lowest BCUT2D eigenvalue weighted by atomic mass is 10.0. The van der Waals surface area contributed by atoms with Crippen LogP contribution in [-0.2, 0) is 4.79 Å². The molecule has 0 aliphatic carbocycles. The second kappa shape index (κ2) is 10.6. The van der Waals surface area contributed by atoms with E-state index in [4.69, 9.17) is 23.2 Å². The Morgan fingerprint density at radius 3 is 2.27 bits per heavy atom. The molecular formula is C20H22Cl2FNOS. The van der Waals surface area contributed by atoms with Crippen LogP contribution < -0.4 is 5.32 Å². The van der Waals surface area contributed by atoms with Crippen molar-refractivity contribution < 1.29 is 9.18 Å². The Morgan fingerprint density at radius 1 is 1.04 bits per heavy atom. The molecule has 0 heterocycles. The minimum Gasteiger partial charge on any atom is -0.322 e. The molecule has 2 aromatic rings. The molecule has 0 aromatic heterocycles. The molecule has 0 aliphatic rings. The summed E-state index contributed by atoms with van der Waals surface area (Å²) in [6, 6.07) is 9.21. The lowest BCUT2D eigenvalue weighted by Gasteiger charge is -2.13. The van der Waals surface area contributed by atoms with Crippen LogP contribution in [0.5, 0.6) is 0 Å². The third-order valence-electron chi connectivity index (χ3n) is 3.64. The molecule has 2 aromatic carbocycles. The van der Waals surface area contributed by atoms with Crippen molar-refractivity contribution in [2.45, 2.75) is 27.7 Å². The van der Waals surface area contributed by atoms with E-state index in [1.165, 1.54) is 30.0 Å². The Labute approximate surface area is 168 Å². The lowest BCUT2D eigenvalue weighted by molar-refractivity contribution is -0.112. The van der Waals surface area contributed by atoms with Crippen LogP contribution in [0.15, 0.2) is 46.9 Å². The molecule has 26 heavy (non-hydrogen) atoms. The summed E-state index contributed by atoms with van der Waals surface area (Å²) in [4.78, 5) is 13.3. The summed E-state index contributed by atoms with van der Waals surface area (Å²) >= 11 is 13.5. The van der Waals surface area contributed by atoms with Gasteiger partial charge in [-0.3, -0.25) is 4.79 Å². The maximum atomic E-state index is 13.7. The van der Waals surface area contributed by atoms with Crippen LogP contribution in [0.2, 0.25) is 10.0 Å². The Balaban J connectivity index is 0.00000163. The molecule has 6 heteroatoms. The average molecular weight is 414 g/mol. The molecular weight excluding hydrogens is 392 g/mol. The summed E-state index contributed by atoms with van der Waals surface area (Å²) in [5.74, 6) is -0.628. The monoisotopic (exact) mass is 413 g/mol. The molecule has 1 N–H and O–H groups in total. The molecule has 0 saturated heterocycles. The van der Waals surface area contributed by atoms with Gasteiger partial charge in [0.1, 0.15) is 5.82 Å². The van der Waals surface area contributed by atoms with Gasteiger partial charge in [0.05, 0.1) is 10.0 Å². The van der Waals surface area contributed by atoms with Crippen LogP contribution in [0.3, 0.4) is 0 Å². The van der Waals surface area contributed by atoms with E-state index < -0.39 is 5.82 Å². The van der Waals surface area contributed by atoms with Crippen molar-refractivity contribution in [3.8, 4) is 11.1 Å². The number of nitrogens with one attached hydrogen (secondary N) is 1. The Kier molecular flexibility index (Phi) is 9.20. The van der Waals surface area contributed by atoms with Crippen molar-refractivity contribution in [3.63, 3.8) is 0 Å². The number of rotatable bonds is 4. The van der Waals surface area contributed by atoms with Crippen LogP contribution in [0.25, 0.3) is 11.1 Å². The van der Waals surface area contributed by atoms with Gasteiger partial charge in [0, 0.05) is 16.8 Å². The van der Waals surface area contributed by atoms with Gasteiger partial charge in [-0.2, -0.15) is 0 Å². The number of carbonyl (C=O) groups excluding carboxylic acids is 1. The van der Waals surface area contributed by atoms with E-state index in [9.17, 15) is 9.18 Å². The number of hydrogen-bond donors (Lipinski definition) is 1. The van der Waals surface area contributed by atoms with Gasteiger partial charge < -0.3 is 5.32 Å². The van der Waals surface area contributed by atoms with Crippen molar-refractivity contribution in [1.29, 1.82) is 0 Å². The zero-order valence-electron chi connectivity index (χ0n) is 15.4. The van der Waals surface area contributed by atoms with Crippen molar-refractivity contribution >= 4 is 46.6 Å². The fraction of sp³-hybridized carbons (Fsp3) is 0.250. The fourth-order valence-electron chi connectivity index (χ4n) is 2.06. The molecule has 0 saturated carbocycles. The first-order chi connectivity index (χ1) is 12.3. The molecule has 2 rings (SSSR count). The predicted molar refractivity (Wildman–Crippen MR) is 114 cm³/mol. The summed E-state index contributed by atoms with van der Waals surface area (Å²) in [7, 11) is 0. The molecule has 2 nitrogen and oxygen atoms in total. The number of carbonyl (C=O) groups is 1. The summed E-state index contributed by atoms with van der Waals surface area (Å²) in [6.45, 7) is 7.63. The van der Waals surface area contributed by atoms with Crippen molar-refractivity contribution in [1.82, 2.24) is 0 Å². The van der Waals surface area contributed by atoms with Gasteiger partial charge in [-0.15, -0.1) is 11.8 Å². The van der Waals surface area contributed by atoms with Crippen molar-refractivity contribution in [3.05, 3.63) is 62.7 Å². The topological polar surface area (TPSA) is 29.1 Å². The molecule has 0 spiro atoms. The van der Waals surface area contributed by atoms with Gasteiger partial charge in [-0.05, 0) is 60.9 Å². The number of thioether (sulfide) groups is 1. The van der Waals surface area contributed by atoms with Gasteiger partial charge in [0.15, 0.2) is 0 Å². The fourth-order valence-corrected chi connectivity index (χ4v) is 2.75. The van der Waals surface area contributed by atoms with Gasteiger partial charge in [0.25, 0.3) is 5.91 Å². The number of anilines is 1. The first-order valence-electron chi connectivity index (χ1n) is 8.11. The SMILES string of the molecule is CC.CS/C(C)=C(\C)C(=O)Nc1ccc(F)cc1-c1ccc(Cl)c(Cl)c1. The molecule has 0 fully saturated rings. The molecule has 0 bridgehead atoms. The average Bonchev–Trinajstić information content (AvgIpc) is 2.65. The van der Waals surface area contributed by atoms with Crippen molar-refractivity contribution in [2.75, 3.05) is 11.6 Å². The van der Waals surface area contributed by atoms with E-state index in [0.29, 0.717) is 32.4 Å². The maximum absolute atomic E-state index is 13.7. The Bertz CT molecular complexity index is 821. The minimum absolute atomic E-state index is 0.227.